The molecule has 35 heavy (non-hydrogen) atoms. The molecular weight excluding hydrogens is 438 g/mol. The Morgan fingerprint density at radius 2 is 1.94 bits per heavy atom. The number of methoxy groups -OCH3 is 1. The molecule has 5 rings (SSSR count). The number of benzene rings is 1. The average molecular weight is 482 g/mol. The first-order valence-electron chi connectivity index (χ1n) is 13.5. The molecule has 2 N–H and O–H groups in total. The van der Waals surface area contributed by atoms with Crippen molar-refractivity contribution in [1.29, 1.82) is 0 Å². The van der Waals surface area contributed by atoms with Gasteiger partial charge in [-0.15, -0.1) is 0 Å². The third kappa shape index (κ3) is 4.59. The van der Waals surface area contributed by atoms with Crippen molar-refractivity contribution >= 4 is 11.8 Å². The van der Waals surface area contributed by atoms with Crippen molar-refractivity contribution < 1.29 is 14.3 Å². The fourth-order valence-electron chi connectivity index (χ4n) is 7.68. The average Bonchev–Trinajstić information content (AvgIpc) is 3.57. The minimum absolute atomic E-state index is 0.0452. The third-order valence-corrected chi connectivity index (χ3v) is 9.17. The molecular formula is C29H43N3O3. The van der Waals surface area contributed by atoms with E-state index >= 15 is 0 Å². The molecule has 6 heteroatoms. The second-order valence-corrected chi connectivity index (χ2v) is 13.1. The van der Waals surface area contributed by atoms with Crippen molar-refractivity contribution in [2.24, 2.45) is 22.7 Å². The van der Waals surface area contributed by atoms with Gasteiger partial charge >= 0.3 is 0 Å². The molecule has 1 aromatic carbocycles. The number of fused-ring (bicyclic) bond motifs is 3. The first-order chi connectivity index (χ1) is 16.6. The maximum Gasteiger partial charge on any atom is 0.239 e. The van der Waals surface area contributed by atoms with Crippen LogP contribution in [0.5, 0.6) is 5.75 Å². The van der Waals surface area contributed by atoms with E-state index in [4.69, 9.17) is 4.74 Å². The van der Waals surface area contributed by atoms with Crippen molar-refractivity contribution in [2.75, 3.05) is 33.3 Å². The first-order valence-corrected chi connectivity index (χ1v) is 13.5. The van der Waals surface area contributed by atoms with E-state index in [2.05, 4.69) is 40.7 Å². The maximum atomic E-state index is 12.6. The molecule has 3 fully saturated rings. The van der Waals surface area contributed by atoms with Gasteiger partial charge in [0.05, 0.1) is 13.7 Å². The molecule has 1 aromatic rings. The smallest absolute Gasteiger partial charge is 0.239 e. The molecule has 3 unspecified atom stereocenters. The predicted molar refractivity (Wildman–Crippen MR) is 137 cm³/mol. The van der Waals surface area contributed by atoms with Crippen LogP contribution < -0.4 is 15.4 Å². The van der Waals surface area contributed by atoms with Gasteiger partial charge in [0.15, 0.2) is 0 Å². The van der Waals surface area contributed by atoms with Gasteiger partial charge in [-0.25, -0.2) is 0 Å². The fourth-order valence-corrected chi connectivity index (χ4v) is 7.68. The van der Waals surface area contributed by atoms with Gasteiger partial charge in [-0.1, -0.05) is 33.8 Å². The van der Waals surface area contributed by atoms with Crippen LogP contribution in [0.1, 0.15) is 70.9 Å². The molecule has 4 aliphatic rings. The summed E-state index contributed by atoms with van der Waals surface area (Å²) in [7, 11) is 1.74. The molecule has 2 saturated carbocycles. The Hall–Kier alpha value is -2.08. The summed E-state index contributed by atoms with van der Waals surface area (Å²) >= 11 is 0. The van der Waals surface area contributed by atoms with E-state index < -0.39 is 0 Å². The molecule has 1 aliphatic heterocycles. The van der Waals surface area contributed by atoms with Crippen LogP contribution in [0, 0.1) is 22.7 Å². The lowest BCUT2D eigenvalue weighted by Crippen LogP contribution is -2.64. The molecule has 1 saturated heterocycles. The number of likely N-dealkylation sites (tertiary alicyclic amines) is 1. The lowest BCUT2D eigenvalue weighted by atomic mass is 9.61. The van der Waals surface area contributed by atoms with E-state index in [0.717, 1.165) is 24.5 Å². The first kappa shape index (κ1) is 24.6. The highest BCUT2D eigenvalue weighted by Crippen LogP contribution is 2.67. The standard InChI is InChI=1S/C29H43N3O3/c1-19-26-28(18-32(26)16-20-6-7-20)13-21-8-9-22(35-5)12-23(21)29(19,17-28)10-11-30-25(34)15-31-24(33)14-27(2,3)4/h8-9,12,19-20,26H,6-7,10-11,13-18H2,1-5H3,(H,30,34)(H,31,33)/t19-,26?,28?,29?/m0/s1. The van der Waals surface area contributed by atoms with E-state index in [0.29, 0.717) is 30.3 Å². The number of ether oxygens (including phenoxy) is 1. The molecule has 192 valence electrons. The van der Waals surface area contributed by atoms with Crippen LogP contribution >= 0.6 is 0 Å². The zero-order chi connectivity index (χ0) is 25.0. The van der Waals surface area contributed by atoms with E-state index in [9.17, 15) is 9.59 Å². The van der Waals surface area contributed by atoms with Gasteiger partial charge in [0.2, 0.25) is 11.8 Å². The van der Waals surface area contributed by atoms with Gasteiger partial charge in [0.1, 0.15) is 5.75 Å². The van der Waals surface area contributed by atoms with Crippen LogP contribution in [0.2, 0.25) is 0 Å². The predicted octanol–water partition coefficient (Wildman–Crippen LogP) is 3.67. The van der Waals surface area contributed by atoms with Gasteiger partial charge in [0.25, 0.3) is 0 Å². The van der Waals surface area contributed by atoms with Crippen molar-refractivity contribution in [3.8, 4) is 5.75 Å². The normalized spacial score (nSPS) is 31.2. The Morgan fingerprint density at radius 3 is 2.63 bits per heavy atom. The molecule has 0 radical (unpaired) electrons. The zero-order valence-electron chi connectivity index (χ0n) is 22.2. The molecule has 0 aromatic heterocycles. The number of carbonyl (C=O) groups excluding carboxylic acids is 2. The van der Waals surface area contributed by atoms with Gasteiger partial charge in [-0.2, -0.15) is 0 Å². The Morgan fingerprint density at radius 1 is 1.17 bits per heavy atom. The lowest BCUT2D eigenvalue weighted by molar-refractivity contribution is -0.127. The number of hydrogen-bond donors (Lipinski definition) is 2. The number of amides is 2. The van der Waals surface area contributed by atoms with Crippen LogP contribution in [0.15, 0.2) is 18.2 Å². The number of carbonyl (C=O) groups is 2. The van der Waals surface area contributed by atoms with Crippen LogP contribution in [0.25, 0.3) is 0 Å². The summed E-state index contributed by atoms with van der Waals surface area (Å²) in [6, 6.07) is 7.29. The highest BCUT2D eigenvalue weighted by molar-refractivity contribution is 5.84. The summed E-state index contributed by atoms with van der Waals surface area (Å²) in [6.07, 6.45) is 6.49. The molecule has 1 spiro atoms. The second-order valence-electron chi connectivity index (χ2n) is 13.1. The molecule has 2 amide bonds. The molecule has 6 nitrogen and oxygen atoms in total. The number of rotatable bonds is 9. The summed E-state index contributed by atoms with van der Waals surface area (Å²) < 4.78 is 5.63. The molecule has 2 bridgehead atoms. The van der Waals surface area contributed by atoms with Crippen LogP contribution in [-0.2, 0) is 21.4 Å². The van der Waals surface area contributed by atoms with Crippen LogP contribution in [-0.4, -0.2) is 56.0 Å². The van der Waals surface area contributed by atoms with Crippen molar-refractivity contribution in [3.05, 3.63) is 29.3 Å². The van der Waals surface area contributed by atoms with Gasteiger partial charge in [-0.3, -0.25) is 14.5 Å². The van der Waals surface area contributed by atoms with Gasteiger partial charge in [-0.05, 0) is 72.6 Å². The maximum absolute atomic E-state index is 12.6. The minimum atomic E-state index is -0.107. The Kier molecular flexibility index (Phi) is 6.18. The Bertz CT molecular complexity index is 997. The largest absolute Gasteiger partial charge is 0.497 e. The van der Waals surface area contributed by atoms with E-state index in [1.165, 1.54) is 43.5 Å². The highest BCUT2D eigenvalue weighted by atomic mass is 16.5. The van der Waals surface area contributed by atoms with Crippen molar-refractivity contribution in [1.82, 2.24) is 15.5 Å². The number of nitrogens with one attached hydrogen (secondary N) is 2. The molecule has 1 heterocycles. The molecule has 4 atom stereocenters. The zero-order valence-corrected chi connectivity index (χ0v) is 22.2. The Labute approximate surface area is 210 Å². The monoisotopic (exact) mass is 481 g/mol. The minimum Gasteiger partial charge on any atom is -0.497 e. The van der Waals surface area contributed by atoms with E-state index in [1.807, 2.05) is 20.8 Å². The fraction of sp³-hybridized carbons (Fsp3) is 0.724. The van der Waals surface area contributed by atoms with Gasteiger partial charge in [0, 0.05) is 42.9 Å². The van der Waals surface area contributed by atoms with Crippen molar-refractivity contribution in [2.45, 2.75) is 77.7 Å². The molecule has 3 aliphatic carbocycles. The van der Waals surface area contributed by atoms with Crippen LogP contribution in [0.3, 0.4) is 0 Å². The number of nitrogens with zero attached hydrogens (tertiary/aromatic N) is 1. The topological polar surface area (TPSA) is 70.7 Å². The quantitative estimate of drug-likeness (QED) is 0.565. The third-order valence-electron chi connectivity index (χ3n) is 9.17. The van der Waals surface area contributed by atoms with Crippen LogP contribution in [0.4, 0.5) is 0 Å². The van der Waals surface area contributed by atoms with Gasteiger partial charge < -0.3 is 15.4 Å². The second kappa shape index (κ2) is 8.79. The summed E-state index contributed by atoms with van der Waals surface area (Å²) in [5.74, 6) is 2.19. The Balaban J connectivity index is 1.28. The summed E-state index contributed by atoms with van der Waals surface area (Å²) in [4.78, 5) is 27.4. The SMILES string of the molecule is COc1ccc2c(c1)C1(CCNC(=O)CNC(=O)CC(C)(C)C)CC3(C2)CN(CC2CC2)C3[C@@H]1C. The summed E-state index contributed by atoms with van der Waals surface area (Å²) in [5.41, 5.74) is 3.24. The van der Waals surface area contributed by atoms with E-state index in [1.54, 1.807) is 7.11 Å². The summed E-state index contributed by atoms with van der Waals surface area (Å²) in [5, 5.41) is 5.89. The summed E-state index contributed by atoms with van der Waals surface area (Å²) in [6.45, 7) is 11.7. The van der Waals surface area contributed by atoms with Crippen molar-refractivity contribution in [3.63, 3.8) is 0 Å². The van der Waals surface area contributed by atoms with E-state index in [-0.39, 0.29) is 29.2 Å². The highest BCUT2D eigenvalue weighted by Gasteiger charge is 2.69. The lowest BCUT2D eigenvalue weighted by Gasteiger charge is -2.56. The number of hydrogen-bond acceptors (Lipinski definition) is 4.